The van der Waals surface area contributed by atoms with E-state index in [1.807, 2.05) is 35.0 Å². The molecule has 1 saturated heterocycles. The van der Waals surface area contributed by atoms with Gasteiger partial charge in [-0.15, -0.1) is 0 Å². The van der Waals surface area contributed by atoms with Gasteiger partial charge in [-0.2, -0.15) is 0 Å². The molecule has 1 heterocycles. The summed E-state index contributed by atoms with van der Waals surface area (Å²) in [6.07, 6.45) is 6.70. The normalized spacial score (nSPS) is 23.3. The average molecular weight is 795 g/mol. The molecule has 0 aliphatic carbocycles. The summed E-state index contributed by atoms with van der Waals surface area (Å²) in [4.78, 5) is 94.2. The predicted molar refractivity (Wildman–Crippen MR) is 217 cm³/mol. The Morgan fingerprint density at radius 3 is 1.11 bits per heavy atom. The molecule has 1 rings (SSSR count). The topological polar surface area (TPSA) is 240 Å². The lowest BCUT2D eigenvalue weighted by Gasteiger charge is -2.28. The van der Waals surface area contributed by atoms with Crippen molar-refractivity contribution in [2.24, 2.45) is 5.92 Å². The van der Waals surface area contributed by atoms with Crippen LogP contribution in [0.25, 0.3) is 0 Å². The molecule has 322 valence electrons. The highest BCUT2D eigenvalue weighted by atomic mass is 16.2. The van der Waals surface area contributed by atoms with Gasteiger partial charge in [0.25, 0.3) is 0 Å². The molecule has 6 amide bonds. The first-order valence-corrected chi connectivity index (χ1v) is 20.7. The lowest BCUT2D eigenvalue weighted by Crippen LogP contribution is -2.60. The summed E-state index contributed by atoms with van der Waals surface area (Å²) in [6.45, 7) is 9.89. The highest BCUT2D eigenvalue weighted by molar-refractivity contribution is 5.98. The molecule has 56 heavy (non-hydrogen) atoms. The zero-order valence-electron chi connectivity index (χ0n) is 35.1. The van der Waals surface area contributed by atoms with Crippen LogP contribution in [0.5, 0.6) is 0 Å². The maximum Gasteiger partial charge on any atom is 0.243 e. The van der Waals surface area contributed by atoms with Crippen molar-refractivity contribution in [2.45, 2.75) is 147 Å². The fourth-order valence-electron chi connectivity index (χ4n) is 6.28. The Morgan fingerprint density at radius 2 is 0.786 bits per heavy atom. The number of hydrogen-bond donors (Lipinski definition) is 10. The number of rotatable bonds is 24. The van der Waals surface area contributed by atoms with Crippen LogP contribution >= 0.6 is 0 Å². The second kappa shape index (κ2) is 29.6. The van der Waals surface area contributed by atoms with Gasteiger partial charge in [-0.25, -0.2) is 0 Å². The van der Waals surface area contributed by atoms with Crippen LogP contribution < -0.4 is 53.2 Å². The molecule has 1 aliphatic rings. The Hall–Kier alpha value is -3.67. The van der Waals surface area contributed by atoms with Gasteiger partial charge in [0, 0.05) is 6.42 Å². The quantitative estimate of drug-likeness (QED) is 0.0559. The van der Waals surface area contributed by atoms with E-state index in [4.69, 9.17) is 0 Å². The monoisotopic (exact) mass is 795 g/mol. The number of Topliss-reactive ketones (excluding diaryl/α,β-unsaturated/α-hetero) is 1. The summed E-state index contributed by atoms with van der Waals surface area (Å²) >= 11 is 0. The Labute approximate surface area is 334 Å². The minimum absolute atomic E-state index is 0.123. The van der Waals surface area contributed by atoms with Gasteiger partial charge < -0.3 is 53.2 Å². The van der Waals surface area contributed by atoms with Crippen molar-refractivity contribution in [3.05, 3.63) is 0 Å². The molecule has 0 radical (unpaired) electrons. The number of nitrogens with one attached hydrogen (secondary N) is 10. The zero-order chi connectivity index (χ0) is 41.9. The van der Waals surface area contributed by atoms with Gasteiger partial charge in [0.15, 0.2) is 0 Å². The van der Waals surface area contributed by atoms with Gasteiger partial charge >= 0.3 is 0 Å². The molecule has 0 saturated carbocycles. The van der Waals surface area contributed by atoms with Gasteiger partial charge in [-0.1, -0.05) is 13.8 Å². The Morgan fingerprint density at radius 1 is 0.482 bits per heavy atom. The van der Waals surface area contributed by atoms with Crippen molar-refractivity contribution in [3.8, 4) is 0 Å². The Kier molecular flexibility index (Phi) is 26.6. The summed E-state index contributed by atoms with van der Waals surface area (Å²) in [6, 6.07) is -6.16. The molecule has 0 aromatic rings. The molecule has 17 nitrogen and oxygen atoms in total. The van der Waals surface area contributed by atoms with E-state index in [0.29, 0.717) is 71.1 Å². The minimum atomic E-state index is -1.05. The van der Waals surface area contributed by atoms with Gasteiger partial charge in [-0.05, 0) is 144 Å². The molecular formula is C39H74N10O7. The average Bonchev–Trinajstić information content (AvgIpc) is 3.14. The van der Waals surface area contributed by atoms with Crippen molar-refractivity contribution in [1.82, 2.24) is 53.2 Å². The molecule has 0 aromatic carbocycles. The number of carbonyl (C=O) groups excluding carboxylic acids is 7. The van der Waals surface area contributed by atoms with Crippen molar-refractivity contribution < 1.29 is 33.6 Å². The number of ketones is 1. The van der Waals surface area contributed by atoms with E-state index in [2.05, 4.69) is 53.2 Å². The molecule has 6 atom stereocenters. The van der Waals surface area contributed by atoms with E-state index < -0.39 is 71.7 Å². The minimum Gasteiger partial charge on any atom is -0.343 e. The van der Waals surface area contributed by atoms with E-state index in [-0.39, 0.29) is 37.5 Å². The van der Waals surface area contributed by atoms with Crippen molar-refractivity contribution >= 4 is 41.2 Å². The fourth-order valence-corrected chi connectivity index (χ4v) is 6.28. The van der Waals surface area contributed by atoms with Crippen molar-refractivity contribution in [3.63, 3.8) is 0 Å². The molecule has 1 aliphatic heterocycles. The molecule has 0 aromatic heterocycles. The maximum absolute atomic E-state index is 14.0. The Balaban J connectivity index is 3.44. The largest absolute Gasteiger partial charge is 0.343 e. The highest BCUT2D eigenvalue weighted by Gasteiger charge is 2.33. The second-order valence-electron chi connectivity index (χ2n) is 15.3. The van der Waals surface area contributed by atoms with Crippen LogP contribution in [0.15, 0.2) is 0 Å². The zero-order valence-corrected chi connectivity index (χ0v) is 35.1. The Bertz CT molecular complexity index is 1210. The third-order valence-electron chi connectivity index (χ3n) is 9.60. The van der Waals surface area contributed by atoms with Crippen LogP contribution in [-0.4, -0.2) is 131 Å². The first-order valence-electron chi connectivity index (χ1n) is 20.7. The molecule has 17 heteroatoms. The summed E-state index contributed by atoms with van der Waals surface area (Å²) in [7, 11) is 5.46. The lowest BCUT2D eigenvalue weighted by atomic mass is 10.0. The van der Waals surface area contributed by atoms with E-state index in [9.17, 15) is 33.6 Å². The molecule has 0 spiro atoms. The third kappa shape index (κ3) is 21.6. The van der Waals surface area contributed by atoms with Crippen molar-refractivity contribution in [2.75, 3.05) is 53.9 Å². The van der Waals surface area contributed by atoms with Gasteiger partial charge in [0.1, 0.15) is 42.0 Å². The van der Waals surface area contributed by atoms with E-state index in [0.717, 1.165) is 19.3 Å². The van der Waals surface area contributed by atoms with Gasteiger partial charge in [0.05, 0.1) is 6.54 Å². The van der Waals surface area contributed by atoms with E-state index in [1.54, 1.807) is 0 Å². The molecule has 10 N–H and O–H groups in total. The van der Waals surface area contributed by atoms with Gasteiger partial charge in [0.2, 0.25) is 35.4 Å². The summed E-state index contributed by atoms with van der Waals surface area (Å²) in [5, 5.41) is 29.0. The van der Waals surface area contributed by atoms with E-state index in [1.165, 1.54) is 13.8 Å². The lowest BCUT2D eigenvalue weighted by molar-refractivity contribution is -0.136. The number of unbranched alkanes of at least 4 members (excludes halogenated alkanes) is 4. The first kappa shape index (κ1) is 50.3. The van der Waals surface area contributed by atoms with E-state index >= 15 is 0 Å². The molecular weight excluding hydrogens is 720 g/mol. The molecule has 0 bridgehead atoms. The van der Waals surface area contributed by atoms with Crippen LogP contribution in [0, 0.1) is 5.92 Å². The van der Waals surface area contributed by atoms with Gasteiger partial charge in [-0.3, -0.25) is 33.6 Å². The summed E-state index contributed by atoms with van der Waals surface area (Å²) in [5.74, 6) is -3.03. The van der Waals surface area contributed by atoms with Crippen molar-refractivity contribution in [1.29, 1.82) is 0 Å². The fraction of sp³-hybridized carbons (Fsp3) is 0.821. The smallest absolute Gasteiger partial charge is 0.243 e. The van der Waals surface area contributed by atoms with Crippen LogP contribution in [-0.2, 0) is 33.6 Å². The van der Waals surface area contributed by atoms with Crippen LogP contribution in [0.4, 0.5) is 0 Å². The highest BCUT2D eigenvalue weighted by Crippen LogP contribution is 2.10. The number of carbonyl (C=O) groups is 7. The summed E-state index contributed by atoms with van der Waals surface area (Å²) in [5.41, 5.74) is 0. The molecule has 1 fully saturated rings. The molecule has 0 unspecified atom stereocenters. The summed E-state index contributed by atoms with van der Waals surface area (Å²) < 4.78 is 0. The number of hydrogen-bond acceptors (Lipinski definition) is 11. The SMILES string of the molecule is CNCCCC[C@@H]1NC(=O)[C@@H](C)NC(=O)[C@H](CCCCNC)NC(=O)[C@@H](CCCCNCC(=O)CC(C)C)NC(=O)[C@H](CCCCNC)NC(=O)[C@@H](C)NC1=O. The third-order valence-corrected chi connectivity index (χ3v) is 9.60. The number of amides is 6. The predicted octanol–water partition coefficient (Wildman–Crippen LogP) is -0.507. The maximum atomic E-state index is 14.0. The van der Waals surface area contributed by atoms with Crippen LogP contribution in [0.2, 0.25) is 0 Å². The standard InChI is InChI=1S/C39H74N10O7/c1-26(2)24-29(50)25-43-23-15-11-19-33-39(56)48-31(17-9-13-21-41-6)37(54)45-27(3)34(51)46-30(16-8-12-20-40-5)36(53)44-28(4)35(52)47-32(38(55)49-33)18-10-14-22-42-7/h26-28,30-33,40-43H,8-25H2,1-7H3,(H,44,53)(H,45,54)(H,46,51)(H,47,52)(H,48,56)(H,49,55)/t27-,28-,30+,31+,32+,33-/m1/s1. The van der Waals surface area contributed by atoms with Crippen LogP contribution in [0.1, 0.15) is 111 Å². The first-order chi connectivity index (χ1) is 26.7. The van der Waals surface area contributed by atoms with Crippen LogP contribution in [0.3, 0.4) is 0 Å². The second-order valence-corrected chi connectivity index (χ2v) is 15.3.